The molecule has 0 spiro atoms. The molecule has 4 aromatic rings. The van der Waals surface area contributed by atoms with E-state index in [1.54, 1.807) is 78.9 Å². The number of carbonyl (C=O) groups excluding carboxylic acids is 5. The van der Waals surface area contributed by atoms with E-state index in [4.69, 9.17) is 24.1 Å². The van der Waals surface area contributed by atoms with E-state index in [1.807, 2.05) is 54.4 Å². The number of nitrogens with one attached hydrogen (secondary N) is 1. The van der Waals surface area contributed by atoms with Crippen molar-refractivity contribution in [1.29, 1.82) is 0 Å². The predicted octanol–water partition coefficient (Wildman–Crippen LogP) is 7.33. The first-order chi connectivity index (χ1) is 27.4. The second kappa shape index (κ2) is 19.5. The molecule has 0 unspecified atom stereocenters. The van der Waals surface area contributed by atoms with Crippen molar-refractivity contribution in [2.24, 2.45) is 16.1 Å². The molecular formula is C43H44N4O9S. The fraction of sp³-hybridized carbons (Fsp3) is 0.279. The van der Waals surface area contributed by atoms with Crippen molar-refractivity contribution in [3.63, 3.8) is 0 Å². The number of hydrogen-bond donors (Lipinski definition) is 1. The summed E-state index contributed by atoms with van der Waals surface area (Å²) in [6.07, 6.45) is -4.77. The van der Waals surface area contributed by atoms with E-state index in [2.05, 4.69) is 10.4 Å². The third-order valence-electron chi connectivity index (χ3n) is 8.81. The molecule has 1 aliphatic heterocycles. The molecule has 5 rings (SSSR count). The first-order valence-electron chi connectivity index (χ1n) is 18.1. The number of nitrogens with zero attached hydrogens (tertiary/aromatic N) is 3. The summed E-state index contributed by atoms with van der Waals surface area (Å²) in [5.74, 6) is -5.01. The Morgan fingerprint density at radius 3 is 1.81 bits per heavy atom. The summed E-state index contributed by atoms with van der Waals surface area (Å²) in [4.78, 5) is 68.4. The maximum Gasteiger partial charge on any atom is 0.303 e. The number of amides is 1. The molecule has 5 atom stereocenters. The molecule has 0 saturated heterocycles. The number of rotatable bonds is 16. The lowest BCUT2D eigenvalue weighted by Crippen LogP contribution is -2.56. The van der Waals surface area contributed by atoms with Gasteiger partial charge in [0.15, 0.2) is 18.3 Å². The molecule has 0 bridgehead atoms. The maximum atomic E-state index is 15.4. The Balaban J connectivity index is 1.87. The van der Waals surface area contributed by atoms with Crippen molar-refractivity contribution >= 4 is 52.9 Å². The van der Waals surface area contributed by atoms with Crippen LogP contribution in [0.25, 0.3) is 0 Å². The van der Waals surface area contributed by atoms with E-state index in [9.17, 15) is 19.2 Å². The smallest absolute Gasteiger partial charge is 0.303 e. The number of carbonyl (C=O) groups is 5. The van der Waals surface area contributed by atoms with Gasteiger partial charge in [0.1, 0.15) is 17.1 Å². The molecule has 13 nitrogen and oxygen atoms in total. The summed E-state index contributed by atoms with van der Waals surface area (Å²) in [5.41, 5.74) is 2.58. The van der Waals surface area contributed by atoms with E-state index >= 15 is 4.79 Å². The second-order valence-corrected chi connectivity index (χ2v) is 14.4. The van der Waals surface area contributed by atoms with Gasteiger partial charge in [0.2, 0.25) is 5.91 Å². The van der Waals surface area contributed by atoms with Crippen LogP contribution in [-0.2, 0) is 54.2 Å². The second-order valence-electron chi connectivity index (χ2n) is 13.2. The molecule has 0 saturated carbocycles. The Morgan fingerprint density at radius 1 is 0.702 bits per heavy atom. The molecule has 14 heteroatoms. The maximum absolute atomic E-state index is 15.4. The van der Waals surface area contributed by atoms with Crippen LogP contribution < -0.4 is 5.32 Å². The molecule has 0 radical (unpaired) electrons. The average molecular weight is 793 g/mol. The fourth-order valence-corrected chi connectivity index (χ4v) is 8.12. The van der Waals surface area contributed by atoms with Gasteiger partial charge in [-0.25, -0.2) is 0 Å². The van der Waals surface area contributed by atoms with Gasteiger partial charge in [0.05, 0.1) is 16.6 Å². The number of benzene rings is 4. The van der Waals surface area contributed by atoms with Gasteiger partial charge in [-0.2, -0.15) is 10.2 Å². The number of para-hydroxylation sites is 1. The highest BCUT2D eigenvalue weighted by Crippen LogP contribution is 2.60. The van der Waals surface area contributed by atoms with Crippen molar-refractivity contribution in [2.75, 3.05) is 19.0 Å². The third-order valence-corrected chi connectivity index (χ3v) is 10.5. The predicted molar refractivity (Wildman–Crippen MR) is 213 cm³/mol. The molecular weight excluding hydrogens is 749 g/mol. The number of azo groups is 1. The zero-order chi connectivity index (χ0) is 41.0. The Bertz CT molecular complexity index is 2080. The summed E-state index contributed by atoms with van der Waals surface area (Å²) in [7, 11) is 1.84. The van der Waals surface area contributed by atoms with Crippen LogP contribution in [0.1, 0.15) is 38.8 Å². The van der Waals surface area contributed by atoms with Crippen LogP contribution in [0.5, 0.6) is 0 Å². The Morgan fingerprint density at radius 2 is 1.25 bits per heavy atom. The van der Waals surface area contributed by atoms with Crippen LogP contribution in [-0.4, -0.2) is 66.7 Å². The number of anilines is 1. The van der Waals surface area contributed by atoms with Crippen molar-refractivity contribution in [1.82, 2.24) is 4.90 Å². The van der Waals surface area contributed by atoms with Crippen LogP contribution in [0.2, 0.25) is 0 Å². The minimum Gasteiger partial charge on any atom is -0.462 e. The number of ether oxygens (including phenoxy) is 4. The molecule has 1 amide bonds. The van der Waals surface area contributed by atoms with E-state index in [-0.39, 0.29) is 5.70 Å². The lowest BCUT2D eigenvalue weighted by molar-refractivity contribution is -0.193. The molecule has 0 aliphatic carbocycles. The Kier molecular flexibility index (Phi) is 14.4. The summed E-state index contributed by atoms with van der Waals surface area (Å²) < 4.78 is 21.3. The third kappa shape index (κ3) is 10.7. The van der Waals surface area contributed by atoms with Crippen molar-refractivity contribution < 1.29 is 42.9 Å². The fourth-order valence-electron chi connectivity index (χ4n) is 6.55. The lowest BCUT2D eigenvalue weighted by atomic mass is 9.76. The van der Waals surface area contributed by atoms with Gasteiger partial charge < -0.3 is 29.2 Å². The highest BCUT2D eigenvalue weighted by molar-refractivity contribution is 8.04. The van der Waals surface area contributed by atoms with Crippen LogP contribution in [0.15, 0.2) is 142 Å². The zero-order valence-corrected chi connectivity index (χ0v) is 33.0. The molecule has 1 aliphatic rings. The van der Waals surface area contributed by atoms with Gasteiger partial charge in [-0.1, -0.05) is 109 Å². The molecule has 1 heterocycles. The number of hydrogen-bond acceptors (Lipinski definition) is 13. The van der Waals surface area contributed by atoms with Crippen molar-refractivity contribution in [3.8, 4) is 0 Å². The topological polar surface area (TPSA) is 162 Å². The molecule has 1 N–H and O–H groups in total. The minimum atomic E-state index is -1.75. The van der Waals surface area contributed by atoms with E-state index < -0.39 is 65.4 Å². The largest absolute Gasteiger partial charge is 0.462 e. The van der Waals surface area contributed by atoms with E-state index in [0.29, 0.717) is 28.5 Å². The first-order valence-corrected chi connectivity index (χ1v) is 18.9. The van der Waals surface area contributed by atoms with Gasteiger partial charge in [0.25, 0.3) is 0 Å². The van der Waals surface area contributed by atoms with Gasteiger partial charge in [0, 0.05) is 47.0 Å². The summed E-state index contributed by atoms with van der Waals surface area (Å²) >= 11 is 1.17. The monoisotopic (exact) mass is 792 g/mol. The Labute approximate surface area is 335 Å². The number of thioether (sulfide) groups is 1. The van der Waals surface area contributed by atoms with E-state index in [0.717, 1.165) is 26.3 Å². The van der Waals surface area contributed by atoms with Crippen molar-refractivity contribution in [3.05, 3.63) is 143 Å². The summed E-state index contributed by atoms with van der Waals surface area (Å²) in [6.45, 7) is 4.38. The van der Waals surface area contributed by atoms with Crippen LogP contribution in [0.3, 0.4) is 0 Å². The van der Waals surface area contributed by atoms with Crippen molar-refractivity contribution in [2.45, 2.75) is 57.3 Å². The highest BCUT2D eigenvalue weighted by Gasteiger charge is 2.63. The normalized spacial score (nSPS) is 17.9. The van der Waals surface area contributed by atoms with Gasteiger partial charge in [-0.05, 0) is 35.4 Å². The van der Waals surface area contributed by atoms with Crippen LogP contribution >= 0.6 is 11.8 Å². The zero-order valence-electron chi connectivity index (χ0n) is 32.2. The van der Waals surface area contributed by atoms with Gasteiger partial charge >= 0.3 is 23.9 Å². The summed E-state index contributed by atoms with van der Waals surface area (Å²) in [6, 6.07) is 36.3. The van der Waals surface area contributed by atoms with Crippen LogP contribution in [0, 0.1) is 5.92 Å². The van der Waals surface area contributed by atoms with Gasteiger partial charge in [-0.15, -0.1) is 0 Å². The minimum absolute atomic E-state index is 0.201. The molecule has 296 valence electrons. The first kappa shape index (κ1) is 41.9. The Hall–Kier alpha value is -6.28. The molecule has 0 fully saturated rings. The van der Waals surface area contributed by atoms with E-state index in [1.165, 1.54) is 18.7 Å². The summed E-state index contributed by atoms with van der Waals surface area (Å²) in [5, 5.41) is 13.0. The lowest BCUT2D eigenvalue weighted by Gasteiger charge is -2.41. The number of esters is 4. The van der Waals surface area contributed by atoms with Gasteiger partial charge in [-0.3, -0.25) is 24.0 Å². The standard InChI is InChI=1S/C43H44N4O9S/c1-28(48)53-27-36(54-29(2)49)39(55-30(3)50)40(56-31(4)51)37-38(46-45-35-24-16-9-17-25-35)41(47(5)26-32-18-10-6-11-19-32)57-43(37,33-20-12-7-13-21-33)42(52)44-34-22-14-8-15-23-34/h6-25,36-37,39-40H,26-27H2,1-5H3,(H,44,52)/t36-,37-,39-,40-,43-/m1/s1. The quantitative estimate of drug-likeness (QED) is 0.0687. The SMILES string of the molecule is CC(=O)OC[C@@H](OC(C)=O)[C@@H](OC(C)=O)[C@H](OC(C)=O)[C@H]1C(N=Nc2ccccc2)=C(N(C)Cc2ccccc2)S[C@]1(C(=O)Nc1ccccc1)c1ccccc1. The molecule has 57 heavy (non-hydrogen) atoms. The average Bonchev–Trinajstić information content (AvgIpc) is 3.54. The van der Waals surface area contributed by atoms with Crippen LogP contribution in [0.4, 0.5) is 11.4 Å². The molecule has 4 aromatic carbocycles. The highest BCUT2D eigenvalue weighted by atomic mass is 32.2. The molecule has 0 aromatic heterocycles.